The van der Waals surface area contributed by atoms with Crippen LogP contribution in [0.1, 0.15) is 61.3 Å². The number of carbonyl (C=O) groups excluding carboxylic acids is 2. The fourth-order valence-corrected chi connectivity index (χ4v) is 5.25. The number of hydrogen-bond donors (Lipinski definition) is 1. The first-order chi connectivity index (χ1) is 15.6. The number of nitrogens with zero attached hydrogens (tertiary/aromatic N) is 1. The van der Waals surface area contributed by atoms with Gasteiger partial charge in [-0.3, -0.25) is 9.59 Å². The number of carbonyl (C=O) groups is 2. The zero-order valence-electron chi connectivity index (χ0n) is 17.9. The van der Waals surface area contributed by atoms with Gasteiger partial charge in [-0.05, 0) is 55.5 Å². The van der Waals surface area contributed by atoms with Crippen LogP contribution in [0.2, 0.25) is 0 Å². The van der Waals surface area contributed by atoms with Crippen LogP contribution in [-0.2, 0) is 16.0 Å². The van der Waals surface area contributed by atoms with Crippen molar-refractivity contribution in [2.24, 2.45) is 0 Å². The van der Waals surface area contributed by atoms with E-state index in [9.17, 15) is 19.1 Å². The van der Waals surface area contributed by atoms with Gasteiger partial charge in [0, 0.05) is 17.2 Å². The maximum absolute atomic E-state index is 14.9. The molecule has 0 aromatic heterocycles. The Morgan fingerprint density at radius 3 is 2.59 bits per heavy atom. The number of rotatable bonds is 3. The summed E-state index contributed by atoms with van der Waals surface area (Å²) in [6.07, 6.45) is 6.23. The molecule has 1 saturated heterocycles. The third-order valence-electron chi connectivity index (χ3n) is 6.83. The van der Waals surface area contributed by atoms with Crippen molar-refractivity contribution in [1.29, 1.82) is 0 Å². The Hall–Kier alpha value is -3.15. The molecule has 2 fully saturated rings. The highest BCUT2D eigenvalue weighted by atomic mass is 19.1. The van der Waals surface area contributed by atoms with Crippen LogP contribution in [0, 0.1) is 5.82 Å². The molecule has 1 atom stereocenters. The quantitative estimate of drug-likeness (QED) is 0.423. The minimum absolute atomic E-state index is 0.0395. The molecular formula is C26H26FNO4. The second-order valence-electron chi connectivity index (χ2n) is 8.79. The second-order valence-corrected chi connectivity index (χ2v) is 8.79. The van der Waals surface area contributed by atoms with Crippen molar-refractivity contribution in [2.75, 3.05) is 6.61 Å². The van der Waals surface area contributed by atoms with E-state index >= 15 is 0 Å². The van der Waals surface area contributed by atoms with Gasteiger partial charge in [0.05, 0.1) is 18.2 Å². The molecule has 1 aliphatic carbocycles. The van der Waals surface area contributed by atoms with Gasteiger partial charge < -0.3 is 14.7 Å². The predicted octanol–water partition coefficient (Wildman–Crippen LogP) is 4.91. The van der Waals surface area contributed by atoms with Crippen molar-refractivity contribution in [3.8, 4) is 5.75 Å². The summed E-state index contributed by atoms with van der Waals surface area (Å²) in [4.78, 5) is 27.9. The van der Waals surface area contributed by atoms with Crippen LogP contribution >= 0.6 is 0 Å². The fourth-order valence-electron chi connectivity index (χ4n) is 5.25. The van der Waals surface area contributed by atoms with Crippen LogP contribution in [0.3, 0.4) is 0 Å². The third-order valence-corrected chi connectivity index (χ3v) is 6.83. The van der Waals surface area contributed by atoms with Crippen LogP contribution in [0.5, 0.6) is 5.75 Å². The van der Waals surface area contributed by atoms with E-state index in [-0.39, 0.29) is 22.9 Å². The SMILES string of the molecule is O=C1C(=O)N(C2CCCCC2)C(c2ccccc2F)/C1=C(\O)c1ccc2c(c1)CCCO2. The third kappa shape index (κ3) is 3.48. The molecule has 0 bridgehead atoms. The van der Waals surface area contributed by atoms with Crippen molar-refractivity contribution < 1.29 is 23.8 Å². The molecule has 1 amide bonds. The molecule has 1 unspecified atom stereocenters. The molecule has 0 radical (unpaired) electrons. The van der Waals surface area contributed by atoms with Gasteiger partial charge in [-0.15, -0.1) is 0 Å². The molecule has 5 rings (SSSR count). The summed E-state index contributed by atoms with van der Waals surface area (Å²) in [5.41, 5.74) is 1.59. The number of ketones is 1. The van der Waals surface area contributed by atoms with Crippen molar-refractivity contribution in [1.82, 2.24) is 4.90 Å². The summed E-state index contributed by atoms with van der Waals surface area (Å²) in [6, 6.07) is 10.4. The smallest absolute Gasteiger partial charge is 0.295 e. The second kappa shape index (κ2) is 8.41. The van der Waals surface area contributed by atoms with Gasteiger partial charge in [0.15, 0.2) is 0 Å². The largest absolute Gasteiger partial charge is 0.507 e. The molecule has 5 nitrogen and oxygen atoms in total. The first kappa shape index (κ1) is 20.7. The number of Topliss-reactive ketones (excluding diaryl/α,β-unsaturated/α-hetero) is 1. The van der Waals surface area contributed by atoms with Gasteiger partial charge in [0.25, 0.3) is 11.7 Å². The number of hydrogen-bond acceptors (Lipinski definition) is 4. The lowest BCUT2D eigenvalue weighted by Gasteiger charge is -2.35. The lowest BCUT2D eigenvalue weighted by atomic mass is 9.90. The van der Waals surface area contributed by atoms with Gasteiger partial charge >= 0.3 is 0 Å². The molecule has 1 saturated carbocycles. The Bertz CT molecular complexity index is 1100. The average molecular weight is 435 g/mol. The van der Waals surface area contributed by atoms with E-state index in [2.05, 4.69) is 0 Å². The number of fused-ring (bicyclic) bond motifs is 1. The molecule has 32 heavy (non-hydrogen) atoms. The maximum Gasteiger partial charge on any atom is 0.295 e. The predicted molar refractivity (Wildman–Crippen MR) is 118 cm³/mol. The summed E-state index contributed by atoms with van der Waals surface area (Å²) in [5, 5.41) is 11.3. The highest BCUT2D eigenvalue weighted by molar-refractivity contribution is 6.46. The minimum Gasteiger partial charge on any atom is -0.507 e. The summed E-state index contributed by atoms with van der Waals surface area (Å²) in [6.45, 7) is 0.651. The van der Waals surface area contributed by atoms with E-state index in [1.54, 1.807) is 36.4 Å². The van der Waals surface area contributed by atoms with Crippen LogP contribution in [-0.4, -0.2) is 34.3 Å². The van der Waals surface area contributed by atoms with E-state index in [0.717, 1.165) is 56.3 Å². The van der Waals surface area contributed by atoms with Crippen molar-refractivity contribution in [3.05, 3.63) is 70.5 Å². The minimum atomic E-state index is -0.938. The number of likely N-dealkylation sites (tertiary alicyclic amines) is 1. The van der Waals surface area contributed by atoms with E-state index < -0.39 is 23.5 Å². The summed E-state index contributed by atoms with van der Waals surface area (Å²) in [5.74, 6) is -1.40. The van der Waals surface area contributed by atoms with Crippen molar-refractivity contribution in [3.63, 3.8) is 0 Å². The van der Waals surface area contributed by atoms with Crippen molar-refractivity contribution in [2.45, 2.75) is 57.0 Å². The van der Waals surface area contributed by atoms with E-state index in [0.29, 0.717) is 12.2 Å². The molecule has 0 spiro atoms. The highest BCUT2D eigenvalue weighted by Gasteiger charge is 2.49. The molecule has 2 heterocycles. The Morgan fingerprint density at radius 1 is 1.03 bits per heavy atom. The number of halogens is 1. The van der Waals surface area contributed by atoms with Gasteiger partial charge in [-0.2, -0.15) is 0 Å². The van der Waals surface area contributed by atoms with Gasteiger partial charge in [0.2, 0.25) is 0 Å². The Labute approximate surface area is 186 Å². The molecular weight excluding hydrogens is 409 g/mol. The van der Waals surface area contributed by atoms with E-state index in [1.807, 2.05) is 0 Å². The first-order valence-electron chi connectivity index (χ1n) is 11.4. The van der Waals surface area contributed by atoms with Gasteiger partial charge in [-0.1, -0.05) is 37.5 Å². The number of aliphatic hydroxyl groups excluding tert-OH is 1. The number of aryl methyl sites for hydroxylation is 1. The van der Waals surface area contributed by atoms with Crippen LogP contribution in [0.25, 0.3) is 5.76 Å². The van der Waals surface area contributed by atoms with Gasteiger partial charge in [0.1, 0.15) is 17.3 Å². The maximum atomic E-state index is 14.9. The zero-order valence-corrected chi connectivity index (χ0v) is 17.9. The lowest BCUT2D eigenvalue weighted by molar-refractivity contribution is -0.141. The number of ether oxygens (including phenoxy) is 1. The number of benzene rings is 2. The van der Waals surface area contributed by atoms with Gasteiger partial charge in [-0.25, -0.2) is 4.39 Å². The normalized spacial score (nSPS) is 23.2. The molecule has 6 heteroatoms. The number of aliphatic hydroxyl groups is 1. The molecule has 2 aliphatic heterocycles. The van der Waals surface area contributed by atoms with Crippen molar-refractivity contribution >= 4 is 17.4 Å². The first-order valence-corrected chi connectivity index (χ1v) is 11.4. The fraction of sp³-hybridized carbons (Fsp3) is 0.385. The van der Waals surface area contributed by atoms with E-state index in [1.165, 1.54) is 11.0 Å². The summed E-state index contributed by atoms with van der Waals surface area (Å²) in [7, 11) is 0. The average Bonchev–Trinajstić information content (AvgIpc) is 3.09. The Balaban J connectivity index is 1.65. The molecule has 2 aromatic rings. The number of amides is 1. The molecule has 3 aliphatic rings. The summed E-state index contributed by atoms with van der Waals surface area (Å²) < 4.78 is 20.6. The van der Waals surface area contributed by atoms with Crippen LogP contribution in [0.4, 0.5) is 4.39 Å². The molecule has 2 aromatic carbocycles. The van der Waals surface area contributed by atoms with Crippen LogP contribution < -0.4 is 4.74 Å². The monoisotopic (exact) mass is 435 g/mol. The topological polar surface area (TPSA) is 66.8 Å². The Kier molecular flexibility index (Phi) is 5.45. The lowest BCUT2D eigenvalue weighted by Crippen LogP contribution is -2.40. The Morgan fingerprint density at radius 2 is 1.81 bits per heavy atom. The summed E-state index contributed by atoms with van der Waals surface area (Å²) >= 11 is 0. The molecule has 166 valence electrons. The molecule has 1 N–H and O–H groups in total. The standard InChI is InChI=1S/C26H26FNO4/c27-20-11-5-4-10-19(20)23-22(25(30)26(31)28(23)18-8-2-1-3-9-18)24(29)17-12-13-21-16(15-17)7-6-14-32-21/h4-5,10-13,15,18,23,29H,1-3,6-9,14H2/b24-22+. The highest BCUT2D eigenvalue weighted by Crippen LogP contribution is 2.44. The zero-order chi connectivity index (χ0) is 22.2. The van der Waals surface area contributed by atoms with Crippen LogP contribution in [0.15, 0.2) is 48.0 Å². The van der Waals surface area contributed by atoms with E-state index in [4.69, 9.17) is 4.74 Å².